The predicted octanol–water partition coefficient (Wildman–Crippen LogP) is 1.76. The van der Waals surface area contributed by atoms with Crippen LogP contribution < -0.4 is 10.9 Å². The fraction of sp³-hybridized carbons (Fsp3) is 0.400. The van der Waals surface area contributed by atoms with E-state index in [2.05, 4.69) is 15.0 Å². The quantitative estimate of drug-likeness (QED) is 0.871. The third-order valence-electron chi connectivity index (χ3n) is 3.28. The van der Waals surface area contributed by atoms with Gasteiger partial charge in [-0.15, -0.1) is 0 Å². The Labute approximate surface area is 126 Å². The molecule has 1 N–H and O–H groups in total. The predicted molar refractivity (Wildman–Crippen MR) is 80.5 cm³/mol. The van der Waals surface area contributed by atoms with Crippen LogP contribution >= 0.6 is 0 Å². The lowest BCUT2D eigenvalue weighted by Gasteiger charge is -2.24. The van der Waals surface area contributed by atoms with Crippen LogP contribution in [0.3, 0.4) is 0 Å². The minimum absolute atomic E-state index is 0.0363. The maximum Gasteiger partial charge on any atom is 0.330 e. The first-order valence-electron chi connectivity index (χ1n) is 6.87. The molecule has 0 aliphatic heterocycles. The number of ether oxygens (including phenoxy) is 1. The van der Waals surface area contributed by atoms with Gasteiger partial charge in [0.25, 0.3) is 5.56 Å². The molecule has 22 heavy (non-hydrogen) atoms. The fourth-order valence-corrected chi connectivity index (χ4v) is 2.13. The van der Waals surface area contributed by atoms with Crippen LogP contribution in [-0.4, -0.2) is 28.0 Å². The van der Waals surface area contributed by atoms with Crippen LogP contribution in [0.1, 0.15) is 26.5 Å². The SMILES string of the molecule is CCc1cc(=O)n2cc(NC(C)(C)C(=O)OC)cc(F)c2n1. The van der Waals surface area contributed by atoms with Gasteiger partial charge in [-0.1, -0.05) is 6.92 Å². The number of carbonyl (C=O) groups excluding carboxylic acids is 1. The lowest BCUT2D eigenvalue weighted by atomic mass is 10.1. The van der Waals surface area contributed by atoms with Crippen molar-refractivity contribution < 1.29 is 13.9 Å². The number of nitrogens with one attached hydrogen (secondary N) is 1. The molecule has 0 saturated heterocycles. The van der Waals surface area contributed by atoms with E-state index in [-0.39, 0.29) is 16.9 Å². The number of carbonyl (C=O) groups is 1. The van der Waals surface area contributed by atoms with Gasteiger partial charge >= 0.3 is 5.97 Å². The normalized spacial score (nSPS) is 11.5. The molecule has 0 aliphatic carbocycles. The Morgan fingerprint density at radius 1 is 1.45 bits per heavy atom. The van der Waals surface area contributed by atoms with Crippen LogP contribution in [0.15, 0.2) is 23.1 Å². The zero-order chi connectivity index (χ0) is 16.5. The summed E-state index contributed by atoms with van der Waals surface area (Å²) in [7, 11) is 1.27. The monoisotopic (exact) mass is 307 g/mol. The Morgan fingerprint density at radius 3 is 2.73 bits per heavy atom. The molecule has 0 bridgehead atoms. The molecule has 118 valence electrons. The zero-order valence-electron chi connectivity index (χ0n) is 12.9. The number of anilines is 1. The number of pyridine rings is 1. The van der Waals surface area contributed by atoms with E-state index in [1.807, 2.05) is 6.92 Å². The highest BCUT2D eigenvalue weighted by molar-refractivity contribution is 5.83. The average molecular weight is 307 g/mol. The van der Waals surface area contributed by atoms with Gasteiger partial charge in [-0.2, -0.15) is 0 Å². The first-order chi connectivity index (χ1) is 10.3. The number of esters is 1. The van der Waals surface area contributed by atoms with E-state index < -0.39 is 17.3 Å². The summed E-state index contributed by atoms with van der Waals surface area (Å²) in [6.45, 7) is 5.04. The summed E-state index contributed by atoms with van der Waals surface area (Å²) < 4.78 is 20.0. The third kappa shape index (κ3) is 2.93. The minimum Gasteiger partial charge on any atom is -0.467 e. The van der Waals surface area contributed by atoms with Crippen molar-refractivity contribution in [2.24, 2.45) is 0 Å². The van der Waals surface area contributed by atoms with Gasteiger partial charge in [0.15, 0.2) is 11.5 Å². The smallest absolute Gasteiger partial charge is 0.330 e. The highest BCUT2D eigenvalue weighted by atomic mass is 19.1. The van der Waals surface area contributed by atoms with Crippen molar-refractivity contribution in [1.29, 1.82) is 0 Å². The van der Waals surface area contributed by atoms with Crippen molar-refractivity contribution in [1.82, 2.24) is 9.38 Å². The molecule has 2 rings (SSSR count). The van der Waals surface area contributed by atoms with E-state index in [1.165, 1.54) is 25.4 Å². The molecule has 2 heterocycles. The van der Waals surface area contributed by atoms with E-state index in [0.29, 0.717) is 12.1 Å². The molecule has 0 unspecified atom stereocenters. The topological polar surface area (TPSA) is 72.7 Å². The van der Waals surface area contributed by atoms with Crippen LogP contribution in [0.2, 0.25) is 0 Å². The average Bonchev–Trinajstić information content (AvgIpc) is 2.46. The van der Waals surface area contributed by atoms with Crippen molar-refractivity contribution >= 4 is 17.3 Å². The van der Waals surface area contributed by atoms with Crippen molar-refractivity contribution in [2.45, 2.75) is 32.7 Å². The maximum absolute atomic E-state index is 14.2. The standard InChI is InChI=1S/C15H18FN3O3/c1-5-9-7-12(20)19-8-10(6-11(16)13(19)17-9)18-15(2,3)14(21)22-4/h6-8,18H,5H2,1-4H3. The molecule has 0 saturated carbocycles. The molecule has 0 spiro atoms. The number of rotatable bonds is 4. The van der Waals surface area contributed by atoms with Gasteiger partial charge in [0, 0.05) is 24.0 Å². The van der Waals surface area contributed by atoms with Gasteiger partial charge in [-0.25, -0.2) is 14.2 Å². The first kappa shape index (κ1) is 15.9. The van der Waals surface area contributed by atoms with Gasteiger partial charge in [-0.3, -0.25) is 9.20 Å². The molecule has 2 aromatic rings. The zero-order valence-corrected chi connectivity index (χ0v) is 12.9. The molecular weight excluding hydrogens is 289 g/mol. The van der Waals surface area contributed by atoms with E-state index in [0.717, 1.165) is 4.40 Å². The lowest BCUT2D eigenvalue weighted by Crippen LogP contribution is -2.41. The largest absolute Gasteiger partial charge is 0.467 e. The summed E-state index contributed by atoms with van der Waals surface area (Å²) >= 11 is 0. The molecule has 0 aliphatic rings. The molecular formula is C15H18FN3O3. The van der Waals surface area contributed by atoms with Crippen molar-refractivity contribution in [2.75, 3.05) is 12.4 Å². The van der Waals surface area contributed by atoms with E-state index in [1.54, 1.807) is 13.8 Å². The van der Waals surface area contributed by atoms with Gasteiger partial charge in [0.05, 0.1) is 12.8 Å². The summed E-state index contributed by atoms with van der Waals surface area (Å²) in [6.07, 6.45) is 1.96. The third-order valence-corrected chi connectivity index (χ3v) is 3.28. The molecule has 7 heteroatoms. The van der Waals surface area contributed by atoms with Crippen LogP contribution in [0.5, 0.6) is 0 Å². The van der Waals surface area contributed by atoms with Crippen molar-refractivity contribution in [3.8, 4) is 0 Å². The van der Waals surface area contributed by atoms with Gasteiger partial charge in [-0.05, 0) is 20.3 Å². The first-order valence-corrected chi connectivity index (χ1v) is 6.87. The number of fused-ring (bicyclic) bond motifs is 1. The minimum atomic E-state index is -1.06. The molecule has 0 aromatic carbocycles. The highest BCUT2D eigenvalue weighted by Crippen LogP contribution is 2.19. The number of methoxy groups -OCH3 is 1. The van der Waals surface area contributed by atoms with E-state index in [4.69, 9.17) is 0 Å². The number of hydrogen-bond acceptors (Lipinski definition) is 5. The second-order valence-electron chi connectivity index (χ2n) is 5.45. The van der Waals surface area contributed by atoms with Crippen LogP contribution in [0.4, 0.5) is 10.1 Å². The van der Waals surface area contributed by atoms with Crippen molar-refractivity contribution in [3.63, 3.8) is 0 Å². The molecule has 0 atom stereocenters. The molecule has 6 nitrogen and oxygen atoms in total. The van der Waals surface area contributed by atoms with Crippen LogP contribution in [0.25, 0.3) is 5.65 Å². The second-order valence-corrected chi connectivity index (χ2v) is 5.45. The summed E-state index contributed by atoms with van der Waals surface area (Å²) in [6, 6.07) is 2.56. The Morgan fingerprint density at radius 2 is 2.14 bits per heavy atom. The van der Waals surface area contributed by atoms with E-state index >= 15 is 0 Å². The Bertz CT molecular complexity index is 783. The number of hydrogen-bond donors (Lipinski definition) is 1. The summed E-state index contributed by atoms with van der Waals surface area (Å²) in [5, 5.41) is 2.86. The number of aromatic nitrogens is 2. The Hall–Kier alpha value is -2.44. The summed E-state index contributed by atoms with van der Waals surface area (Å²) in [5.41, 5.74) is -0.658. The highest BCUT2D eigenvalue weighted by Gasteiger charge is 2.28. The summed E-state index contributed by atoms with van der Waals surface area (Å²) in [4.78, 5) is 27.8. The summed E-state index contributed by atoms with van der Waals surface area (Å²) in [5.74, 6) is -1.14. The molecule has 0 amide bonds. The second kappa shape index (κ2) is 5.75. The molecule has 0 fully saturated rings. The lowest BCUT2D eigenvalue weighted by molar-refractivity contribution is -0.144. The molecule has 2 aromatic heterocycles. The van der Waals surface area contributed by atoms with Crippen LogP contribution in [-0.2, 0) is 16.0 Å². The van der Waals surface area contributed by atoms with Crippen molar-refractivity contribution in [3.05, 3.63) is 40.2 Å². The van der Waals surface area contributed by atoms with Crippen LogP contribution in [0, 0.1) is 5.82 Å². The van der Waals surface area contributed by atoms with Gasteiger partial charge in [0.1, 0.15) is 5.54 Å². The Kier molecular flexibility index (Phi) is 4.16. The van der Waals surface area contributed by atoms with Gasteiger partial charge in [0.2, 0.25) is 0 Å². The number of nitrogens with zero attached hydrogens (tertiary/aromatic N) is 2. The van der Waals surface area contributed by atoms with E-state index in [9.17, 15) is 14.0 Å². The molecule has 0 radical (unpaired) electrons. The maximum atomic E-state index is 14.2. The Balaban J connectivity index is 2.53. The fourth-order valence-electron chi connectivity index (χ4n) is 2.13. The number of halogens is 1. The number of aryl methyl sites for hydroxylation is 1. The van der Waals surface area contributed by atoms with Gasteiger partial charge < -0.3 is 10.1 Å².